The third-order valence-corrected chi connectivity index (χ3v) is 6.28. The number of carbonyl (C=O) groups is 1. The molecule has 6 nitrogen and oxygen atoms in total. The lowest BCUT2D eigenvalue weighted by molar-refractivity contribution is -0.129. The molecule has 28 heavy (non-hydrogen) atoms. The molecular formula is C21H34N2O4S. The van der Waals surface area contributed by atoms with Crippen LogP contribution in [0.4, 0.5) is 5.69 Å². The van der Waals surface area contributed by atoms with Crippen LogP contribution in [-0.2, 0) is 20.2 Å². The summed E-state index contributed by atoms with van der Waals surface area (Å²) < 4.78 is 32.1. The van der Waals surface area contributed by atoms with E-state index in [-0.39, 0.29) is 35.7 Å². The summed E-state index contributed by atoms with van der Waals surface area (Å²) in [6, 6.07) is 5.52. The second-order valence-corrected chi connectivity index (χ2v) is 11.3. The molecule has 0 saturated heterocycles. The molecule has 7 heteroatoms. The van der Waals surface area contributed by atoms with Crippen LogP contribution in [0.3, 0.4) is 0 Å². The molecular weight excluding hydrogens is 376 g/mol. The zero-order valence-electron chi connectivity index (χ0n) is 18.2. The third kappa shape index (κ3) is 4.99. The fraction of sp³-hybridized carbons (Fsp3) is 0.667. The Bertz CT molecular complexity index is 817. The van der Waals surface area contributed by atoms with Crippen LogP contribution in [-0.4, -0.2) is 39.3 Å². The number of carbonyl (C=O) groups excluding carboxylic acids is 1. The van der Waals surface area contributed by atoms with E-state index in [0.717, 1.165) is 11.8 Å². The Morgan fingerprint density at radius 1 is 1.18 bits per heavy atom. The summed E-state index contributed by atoms with van der Waals surface area (Å²) in [6.07, 6.45) is 0.272. The van der Waals surface area contributed by atoms with Crippen molar-refractivity contribution in [3.8, 4) is 5.75 Å². The molecule has 0 unspecified atom stereocenters. The number of benzene rings is 1. The van der Waals surface area contributed by atoms with Gasteiger partial charge in [-0.15, -0.1) is 0 Å². The number of hydrogen-bond acceptors (Lipinski definition) is 4. The SMILES string of the molecule is CC(C)C(NC(=O)[C@H]1CN(S(C)(=O)=O)c2cc(C(C)(C)C)ccc2O1)C(C)C. The van der Waals surface area contributed by atoms with Gasteiger partial charge in [0.25, 0.3) is 5.91 Å². The van der Waals surface area contributed by atoms with Crippen molar-refractivity contribution in [2.75, 3.05) is 17.1 Å². The van der Waals surface area contributed by atoms with Gasteiger partial charge in [-0.25, -0.2) is 8.42 Å². The van der Waals surface area contributed by atoms with Gasteiger partial charge in [0.15, 0.2) is 6.10 Å². The summed E-state index contributed by atoms with van der Waals surface area (Å²) in [5.41, 5.74) is 1.36. The molecule has 0 spiro atoms. The molecule has 158 valence electrons. The first kappa shape index (κ1) is 22.5. The Morgan fingerprint density at radius 2 is 1.75 bits per heavy atom. The highest BCUT2D eigenvalue weighted by Crippen LogP contribution is 2.38. The predicted molar refractivity (Wildman–Crippen MR) is 113 cm³/mol. The van der Waals surface area contributed by atoms with Crippen LogP contribution in [0.2, 0.25) is 0 Å². The average Bonchev–Trinajstić information content (AvgIpc) is 2.55. The summed E-state index contributed by atoms with van der Waals surface area (Å²) >= 11 is 0. The minimum absolute atomic E-state index is 0.00699. The lowest BCUT2D eigenvalue weighted by atomic mass is 9.86. The summed E-state index contributed by atoms with van der Waals surface area (Å²) in [6.45, 7) is 14.4. The second-order valence-electron chi connectivity index (χ2n) is 9.36. The smallest absolute Gasteiger partial charge is 0.263 e. The van der Waals surface area contributed by atoms with Crippen LogP contribution in [0.5, 0.6) is 5.75 Å². The number of fused-ring (bicyclic) bond motifs is 1. The minimum atomic E-state index is -3.56. The van der Waals surface area contributed by atoms with E-state index in [1.807, 2.05) is 12.1 Å². The van der Waals surface area contributed by atoms with Crippen molar-refractivity contribution >= 4 is 21.6 Å². The number of ether oxygens (including phenoxy) is 1. The van der Waals surface area contributed by atoms with Gasteiger partial charge < -0.3 is 10.1 Å². The van der Waals surface area contributed by atoms with E-state index < -0.39 is 16.1 Å². The quantitative estimate of drug-likeness (QED) is 0.808. The van der Waals surface area contributed by atoms with Crippen LogP contribution in [0, 0.1) is 11.8 Å². The first-order valence-corrected chi connectivity index (χ1v) is 11.7. The molecule has 1 amide bonds. The molecule has 1 aliphatic heterocycles. The highest BCUT2D eigenvalue weighted by Gasteiger charge is 2.37. The minimum Gasteiger partial charge on any atom is -0.476 e. The van der Waals surface area contributed by atoms with Crippen molar-refractivity contribution in [3.63, 3.8) is 0 Å². The summed E-state index contributed by atoms with van der Waals surface area (Å²) in [7, 11) is -3.56. The molecule has 0 radical (unpaired) electrons. The van der Waals surface area contributed by atoms with Gasteiger partial charge in [0, 0.05) is 6.04 Å². The van der Waals surface area contributed by atoms with Crippen LogP contribution < -0.4 is 14.4 Å². The normalized spacial score (nSPS) is 17.7. The van der Waals surface area contributed by atoms with E-state index in [2.05, 4.69) is 53.8 Å². The van der Waals surface area contributed by atoms with E-state index in [1.54, 1.807) is 6.07 Å². The highest BCUT2D eigenvalue weighted by atomic mass is 32.2. The van der Waals surface area contributed by atoms with Gasteiger partial charge >= 0.3 is 0 Å². The monoisotopic (exact) mass is 410 g/mol. The van der Waals surface area contributed by atoms with Crippen LogP contribution in [0.15, 0.2) is 18.2 Å². The fourth-order valence-corrected chi connectivity index (χ4v) is 4.43. The standard InChI is InChI=1S/C21H34N2O4S/c1-13(2)19(14(3)4)22-20(24)18-12-23(28(8,25)26)16-11-15(21(5,6)7)9-10-17(16)27-18/h9-11,13-14,18-19H,12H2,1-8H3,(H,22,24)/t18-/m1/s1. The van der Waals surface area contributed by atoms with E-state index in [0.29, 0.717) is 11.4 Å². The Kier molecular flexibility index (Phi) is 6.38. The molecule has 0 bridgehead atoms. The van der Waals surface area contributed by atoms with Gasteiger partial charge in [0.05, 0.1) is 18.5 Å². The van der Waals surface area contributed by atoms with Crippen LogP contribution in [0.25, 0.3) is 0 Å². The molecule has 2 rings (SSSR count). The number of nitrogens with one attached hydrogen (secondary N) is 1. The Morgan fingerprint density at radius 3 is 2.21 bits per heavy atom. The van der Waals surface area contributed by atoms with E-state index in [1.165, 1.54) is 4.31 Å². The third-order valence-electron chi connectivity index (χ3n) is 5.13. The predicted octanol–water partition coefficient (Wildman–Crippen LogP) is 3.31. The van der Waals surface area contributed by atoms with Gasteiger partial charge in [-0.05, 0) is 34.9 Å². The number of hydrogen-bond donors (Lipinski definition) is 1. The molecule has 1 aliphatic rings. The zero-order chi connectivity index (χ0) is 21.4. The summed E-state index contributed by atoms with van der Waals surface area (Å²) in [5.74, 6) is 0.655. The molecule has 0 aliphatic carbocycles. The maximum Gasteiger partial charge on any atom is 0.263 e. The number of anilines is 1. The van der Waals surface area contributed by atoms with Gasteiger partial charge in [-0.2, -0.15) is 0 Å². The Balaban J connectivity index is 2.38. The summed E-state index contributed by atoms with van der Waals surface area (Å²) in [4.78, 5) is 12.9. The maximum absolute atomic E-state index is 12.9. The van der Waals surface area contributed by atoms with Crippen molar-refractivity contribution in [3.05, 3.63) is 23.8 Å². The number of amides is 1. The number of rotatable bonds is 5. The zero-order valence-corrected chi connectivity index (χ0v) is 19.1. The molecule has 1 N–H and O–H groups in total. The number of sulfonamides is 1. The van der Waals surface area contributed by atoms with E-state index in [4.69, 9.17) is 4.74 Å². The molecule has 0 fully saturated rings. The fourth-order valence-electron chi connectivity index (χ4n) is 3.53. The van der Waals surface area contributed by atoms with Gasteiger partial charge in [-0.3, -0.25) is 9.10 Å². The maximum atomic E-state index is 12.9. The molecule has 1 aromatic carbocycles. The van der Waals surface area contributed by atoms with Crippen molar-refractivity contribution in [1.29, 1.82) is 0 Å². The number of nitrogens with zero attached hydrogens (tertiary/aromatic N) is 1. The lowest BCUT2D eigenvalue weighted by Crippen LogP contribution is -2.54. The molecule has 1 aromatic rings. The first-order valence-electron chi connectivity index (χ1n) is 9.81. The highest BCUT2D eigenvalue weighted by molar-refractivity contribution is 7.92. The largest absolute Gasteiger partial charge is 0.476 e. The molecule has 1 atom stereocenters. The topological polar surface area (TPSA) is 75.7 Å². The van der Waals surface area contributed by atoms with E-state index in [9.17, 15) is 13.2 Å². The summed E-state index contributed by atoms with van der Waals surface area (Å²) in [5, 5.41) is 3.04. The van der Waals surface area contributed by atoms with Crippen LogP contribution >= 0.6 is 0 Å². The van der Waals surface area contributed by atoms with Crippen molar-refractivity contribution in [2.45, 2.75) is 66.0 Å². The van der Waals surface area contributed by atoms with Crippen LogP contribution in [0.1, 0.15) is 54.0 Å². The van der Waals surface area contributed by atoms with Crippen molar-refractivity contribution < 1.29 is 17.9 Å². The molecule has 0 aromatic heterocycles. The lowest BCUT2D eigenvalue weighted by Gasteiger charge is -2.36. The van der Waals surface area contributed by atoms with Gasteiger partial charge in [0.1, 0.15) is 5.75 Å². The van der Waals surface area contributed by atoms with E-state index >= 15 is 0 Å². The van der Waals surface area contributed by atoms with Gasteiger partial charge in [0.2, 0.25) is 10.0 Å². The van der Waals surface area contributed by atoms with Crippen molar-refractivity contribution in [2.24, 2.45) is 11.8 Å². The van der Waals surface area contributed by atoms with Gasteiger partial charge in [-0.1, -0.05) is 54.5 Å². The average molecular weight is 411 g/mol. The Hall–Kier alpha value is -1.76. The van der Waals surface area contributed by atoms with Crippen molar-refractivity contribution in [1.82, 2.24) is 5.32 Å². The molecule has 1 heterocycles. The second kappa shape index (κ2) is 7.93. The molecule has 0 saturated carbocycles. The first-order chi connectivity index (χ1) is 12.7. The Labute approximate surface area is 169 Å².